The third-order valence-electron chi connectivity index (χ3n) is 4.88. The molecule has 0 saturated carbocycles. The fourth-order valence-corrected chi connectivity index (χ4v) is 3.58. The van der Waals surface area contributed by atoms with Gasteiger partial charge in [0.25, 0.3) is 0 Å². The van der Waals surface area contributed by atoms with Gasteiger partial charge < -0.3 is 9.72 Å². The number of hydrogen-bond donors (Lipinski definition) is 1. The zero-order valence-electron chi connectivity index (χ0n) is 15.0. The summed E-state index contributed by atoms with van der Waals surface area (Å²) in [5.74, 6) is 1.49. The first-order chi connectivity index (χ1) is 11.6. The number of H-pyrrole nitrogens is 1. The molecular formula is C20H28N2O2. The van der Waals surface area contributed by atoms with Crippen molar-refractivity contribution in [1.82, 2.24) is 9.88 Å². The number of aromatic nitrogens is 1. The number of likely N-dealkylation sites (tertiary alicyclic amines) is 1. The molecule has 4 heteroatoms. The van der Waals surface area contributed by atoms with Crippen LogP contribution < -0.4 is 10.2 Å². The Labute approximate surface area is 143 Å². The maximum Gasteiger partial charge on any atom is 0.194 e. The van der Waals surface area contributed by atoms with E-state index in [-0.39, 0.29) is 5.43 Å². The van der Waals surface area contributed by atoms with E-state index in [4.69, 9.17) is 4.74 Å². The van der Waals surface area contributed by atoms with Gasteiger partial charge in [0.2, 0.25) is 0 Å². The summed E-state index contributed by atoms with van der Waals surface area (Å²) in [6, 6.07) is 5.76. The number of nitrogens with one attached hydrogen (secondary N) is 1. The highest BCUT2D eigenvalue weighted by Gasteiger charge is 2.19. The SMILES string of the molecule is CCCOc1ccc2[nH]c(C)c(CN3CCC[C@@H](C)C3)c(=O)c2c1. The topological polar surface area (TPSA) is 45.3 Å². The minimum absolute atomic E-state index is 0.140. The maximum absolute atomic E-state index is 13.0. The van der Waals surface area contributed by atoms with Crippen LogP contribution in [0.15, 0.2) is 23.0 Å². The number of hydrogen-bond acceptors (Lipinski definition) is 3. The van der Waals surface area contributed by atoms with Gasteiger partial charge in [-0.25, -0.2) is 0 Å². The lowest BCUT2D eigenvalue weighted by atomic mass is 9.99. The van der Waals surface area contributed by atoms with E-state index in [0.29, 0.717) is 12.5 Å². The van der Waals surface area contributed by atoms with Crippen LogP contribution in [0.25, 0.3) is 10.9 Å². The smallest absolute Gasteiger partial charge is 0.194 e. The van der Waals surface area contributed by atoms with Crippen LogP contribution in [-0.2, 0) is 6.54 Å². The number of aryl methyl sites for hydroxylation is 1. The lowest BCUT2D eigenvalue weighted by Gasteiger charge is -2.31. The van der Waals surface area contributed by atoms with E-state index in [1.807, 2.05) is 25.1 Å². The molecule has 130 valence electrons. The van der Waals surface area contributed by atoms with E-state index in [9.17, 15) is 4.79 Å². The molecule has 3 rings (SSSR count). The molecule has 0 unspecified atom stereocenters. The average Bonchev–Trinajstić information content (AvgIpc) is 2.57. The summed E-state index contributed by atoms with van der Waals surface area (Å²) in [7, 11) is 0. The highest BCUT2D eigenvalue weighted by Crippen LogP contribution is 2.21. The lowest BCUT2D eigenvalue weighted by Crippen LogP contribution is -2.35. The first-order valence-corrected chi connectivity index (χ1v) is 9.09. The molecule has 2 aromatic rings. The summed E-state index contributed by atoms with van der Waals surface area (Å²) in [5, 5.41) is 0.731. The van der Waals surface area contributed by atoms with Crippen molar-refractivity contribution in [2.24, 2.45) is 5.92 Å². The normalized spacial score (nSPS) is 18.9. The molecule has 1 atom stereocenters. The molecule has 1 aliphatic heterocycles. The van der Waals surface area contributed by atoms with Gasteiger partial charge in [-0.1, -0.05) is 13.8 Å². The summed E-state index contributed by atoms with van der Waals surface area (Å²) in [4.78, 5) is 18.8. The Hall–Kier alpha value is -1.81. The number of nitrogens with zero attached hydrogens (tertiary/aromatic N) is 1. The van der Waals surface area contributed by atoms with Crippen LogP contribution in [-0.4, -0.2) is 29.6 Å². The Morgan fingerprint density at radius 3 is 2.96 bits per heavy atom. The average molecular weight is 328 g/mol. The molecule has 0 bridgehead atoms. The lowest BCUT2D eigenvalue weighted by molar-refractivity contribution is 0.176. The van der Waals surface area contributed by atoms with Crippen molar-refractivity contribution in [3.05, 3.63) is 39.7 Å². The Balaban J connectivity index is 1.93. The fraction of sp³-hybridized carbons (Fsp3) is 0.550. The number of benzene rings is 1. The number of ether oxygens (including phenoxy) is 1. The number of fused-ring (bicyclic) bond motifs is 1. The fourth-order valence-electron chi connectivity index (χ4n) is 3.58. The molecule has 2 heterocycles. The van der Waals surface area contributed by atoms with Gasteiger partial charge in [-0.2, -0.15) is 0 Å². The van der Waals surface area contributed by atoms with Crippen LogP contribution in [0, 0.1) is 12.8 Å². The third-order valence-corrected chi connectivity index (χ3v) is 4.88. The van der Waals surface area contributed by atoms with E-state index >= 15 is 0 Å². The molecule has 1 fully saturated rings. The Morgan fingerprint density at radius 2 is 2.21 bits per heavy atom. The minimum Gasteiger partial charge on any atom is -0.494 e. The van der Waals surface area contributed by atoms with Gasteiger partial charge in [0.15, 0.2) is 5.43 Å². The minimum atomic E-state index is 0.140. The van der Waals surface area contributed by atoms with E-state index < -0.39 is 0 Å². The van der Waals surface area contributed by atoms with Crippen LogP contribution in [0.1, 0.15) is 44.4 Å². The number of piperidine rings is 1. The number of aromatic amines is 1. The summed E-state index contributed by atoms with van der Waals surface area (Å²) >= 11 is 0. The van der Waals surface area contributed by atoms with Crippen LogP contribution >= 0.6 is 0 Å². The first-order valence-electron chi connectivity index (χ1n) is 9.09. The van der Waals surface area contributed by atoms with Crippen molar-refractivity contribution < 1.29 is 4.74 Å². The monoisotopic (exact) mass is 328 g/mol. The van der Waals surface area contributed by atoms with Gasteiger partial charge in [-0.05, 0) is 56.8 Å². The van der Waals surface area contributed by atoms with Crippen molar-refractivity contribution >= 4 is 10.9 Å². The van der Waals surface area contributed by atoms with Crippen molar-refractivity contribution in [2.45, 2.75) is 46.6 Å². The van der Waals surface area contributed by atoms with E-state index in [0.717, 1.165) is 54.0 Å². The molecular weight excluding hydrogens is 300 g/mol. The Kier molecular flexibility index (Phi) is 5.24. The van der Waals surface area contributed by atoms with Gasteiger partial charge in [0, 0.05) is 35.2 Å². The standard InChI is InChI=1S/C20H28N2O2/c1-4-10-24-16-7-8-19-17(11-16)20(23)18(15(3)21-19)13-22-9-5-6-14(2)12-22/h7-8,11,14H,4-6,9-10,12-13H2,1-3H3,(H,21,23)/t14-/m1/s1. The molecule has 1 aromatic heterocycles. The van der Waals surface area contributed by atoms with Crippen LogP contribution in [0.2, 0.25) is 0 Å². The largest absolute Gasteiger partial charge is 0.494 e. The number of pyridine rings is 1. The molecule has 0 radical (unpaired) electrons. The van der Waals surface area contributed by atoms with Crippen molar-refractivity contribution in [2.75, 3.05) is 19.7 Å². The second-order valence-electron chi connectivity index (χ2n) is 7.10. The molecule has 0 amide bonds. The van der Waals surface area contributed by atoms with Gasteiger partial charge in [0.1, 0.15) is 5.75 Å². The predicted molar refractivity (Wildman–Crippen MR) is 98.8 cm³/mol. The van der Waals surface area contributed by atoms with Crippen LogP contribution in [0.5, 0.6) is 5.75 Å². The quantitative estimate of drug-likeness (QED) is 0.906. The van der Waals surface area contributed by atoms with E-state index in [1.165, 1.54) is 12.8 Å². The van der Waals surface area contributed by atoms with Gasteiger partial charge in [-0.15, -0.1) is 0 Å². The summed E-state index contributed by atoms with van der Waals surface area (Å²) in [6.07, 6.45) is 3.48. The van der Waals surface area contributed by atoms with Gasteiger partial charge >= 0.3 is 0 Å². The van der Waals surface area contributed by atoms with Crippen molar-refractivity contribution in [3.63, 3.8) is 0 Å². The summed E-state index contributed by atoms with van der Waals surface area (Å²) < 4.78 is 5.69. The zero-order chi connectivity index (χ0) is 17.1. The molecule has 0 spiro atoms. The molecule has 4 nitrogen and oxygen atoms in total. The van der Waals surface area contributed by atoms with Crippen LogP contribution in [0.4, 0.5) is 0 Å². The first kappa shape index (κ1) is 17.0. The second kappa shape index (κ2) is 7.39. The van der Waals surface area contributed by atoms with E-state index in [1.54, 1.807) is 0 Å². The Morgan fingerprint density at radius 1 is 1.38 bits per heavy atom. The van der Waals surface area contributed by atoms with Gasteiger partial charge in [-0.3, -0.25) is 9.69 Å². The predicted octanol–water partition coefficient (Wildman–Crippen LogP) is 3.86. The zero-order valence-corrected chi connectivity index (χ0v) is 15.0. The molecule has 0 aliphatic carbocycles. The Bertz CT molecular complexity index is 766. The molecule has 24 heavy (non-hydrogen) atoms. The maximum atomic E-state index is 13.0. The van der Waals surface area contributed by atoms with E-state index in [2.05, 4.69) is 23.7 Å². The highest BCUT2D eigenvalue weighted by atomic mass is 16.5. The third kappa shape index (κ3) is 3.64. The summed E-state index contributed by atoms with van der Waals surface area (Å²) in [6.45, 7) is 9.95. The summed E-state index contributed by atoms with van der Waals surface area (Å²) in [5.41, 5.74) is 2.90. The highest BCUT2D eigenvalue weighted by molar-refractivity contribution is 5.81. The molecule has 1 aromatic carbocycles. The molecule has 1 saturated heterocycles. The molecule has 1 aliphatic rings. The van der Waals surface area contributed by atoms with Gasteiger partial charge in [0.05, 0.1) is 6.61 Å². The second-order valence-corrected chi connectivity index (χ2v) is 7.10. The number of rotatable bonds is 5. The van der Waals surface area contributed by atoms with Crippen molar-refractivity contribution in [3.8, 4) is 5.75 Å². The van der Waals surface area contributed by atoms with Crippen molar-refractivity contribution in [1.29, 1.82) is 0 Å². The van der Waals surface area contributed by atoms with Crippen LogP contribution in [0.3, 0.4) is 0 Å². The molecule has 1 N–H and O–H groups in total.